The van der Waals surface area contributed by atoms with Gasteiger partial charge in [-0.15, -0.1) is 0 Å². The molecule has 3 nitrogen and oxygen atoms in total. The van der Waals surface area contributed by atoms with E-state index in [-0.39, 0.29) is 12.5 Å². The summed E-state index contributed by atoms with van der Waals surface area (Å²) in [6, 6.07) is 17.4. The van der Waals surface area contributed by atoms with Crippen molar-refractivity contribution >= 4 is 5.91 Å². The number of carbonyl (C=O) groups excluding carboxylic acids is 1. The molecule has 0 aliphatic rings. The molecule has 1 atom stereocenters. The number of amides is 1. The Morgan fingerprint density at radius 2 is 1.86 bits per heavy atom. The average molecular weight is 283 g/mol. The number of carbonyl (C=O) groups is 1. The topological polar surface area (TPSA) is 49.3 Å². The van der Waals surface area contributed by atoms with Gasteiger partial charge in [0.05, 0.1) is 18.6 Å². The van der Waals surface area contributed by atoms with E-state index in [0.29, 0.717) is 6.42 Å². The minimum Gasteiger partial charge on any atom is -0.394 e. The Balaban J connectivity index is 2.10. The third-order valence-electron chi connectivity index (χ3n) is 3.59. The van der Waals surface area contributed by atoms with Crippen molar-refractivity contribution in [3.05, 3.63) is 71.3 Å². The van der Waals surface area contributed by atoms with Crippen LogP contribution in [0.5, 0.6) is 0 Å². The van der Waals surface area contributed by atoms with Crippen molar-refractivity contribution in [2.45, 2.75) is 25.8 Å². The first-order valence-electron chi connectivity index (χ1n) is 7.06. The SMILES string of the molecule is Cc1cccc(CC(=O)NC(C)(CO)c2ccccc2)c1. The lowest BCUT2D eigenvalue weighted by Crippen LogP contribution is -2.46. The van der Waals surface area contributed by atoms with E-state index in [4.69, 9.17) is 0 Å². The molecule has 0 fully saturated rings. The predicted molar refractivity (Wildman–Crippen MR) is 83.9 cm³/mol. The van der Waals surface area contributed by atoms with Gasteiger partial charge in [-0.25, -0.2) is 0 Å². The first-order valence-corrected chi connectivity index (χ1v) is 7.06. The van der Waals surface area contributed by atoms with Crippen LogP contribution in [0.3, 0.4) is 0 Å². The Bertz CT molecular complexity index is 610. The van der Waals surface area contributed by atoms with Crippen molar-refractivity contribution in [1.29, 1.82) is 0 Å². The van der Waals surface area contributed by atoms with Crippen LogP contribution in [-0.2, 0) is 16.8 Å². The summed E-state index contributed by atoms with van der Waals surface area (Å²) in [7, 11) is 0. The lowest BCUT2D eigenvalue weighted by molar-refractivity contribution is -0.122. The second-order valence-electron chi connectivity index (χ2n) is 5.57. The molecule has 0 aliphatic carbocycles. The molecule has 2 aromatic carbocycles. The number of hydrogen-bond donors (Lipinski definition) is 2. The van der Waals surface area contributed by atoms with Crippen LogP contribution < -0.4 is 5.32 Å². The number of aliphatic hydroxyl groups is 1. The van der Waals surface area contributed by atoms with Crippen molar-refractivity contribution in [1.82, 2.24) is 5.32 Å². The van der Waals surface area contributed by atoms with Crippen molar-refractivity contribution in [2.75, 3.05) is 6.61 Å². The third kappa shape index (κ3) is 3.92. The lowest BCUT2D eigenvalue weighted by Gasteiger charge is -2.29. The van der Waals surface area contributed by atoms with Crippen molar-refractivity contribution in [2.24, 2.45) is 0 Å². The van der Waals surface area contributed by atoms with Crippen molar-refractivity contribution < 1.29 is 9.90 Å². The normalized spacial score (nSPS) is 13.5. The Morgan fingerprint density at radius 1 is 1.14 bits per heavy atom. The molecule has 0 radical (unpaired) electrons. The highest BCUT2D eigenvalue weighted by atomic mass is 16.3. The van der Waals surface area contributed by atoms with Gasteiger partial charge in [0.2, 0.25) is 5.91 Å². The smallest absolute Gasteiger partial charge is 0.225 e. The second kappa shape index (κ2) is 6.55. The van der Waals surface area contributed by atoms with E-state index >= 15 is 0 Å². The maximum Gasteiger partial charge on any atom is 0.225 e. The van der Waals surface area contributed by atoms with E-state index in [1.54, 1.807) is 0 Å². The highest BCUT2D eigenvalue weighted by molar-refractivity contribution is 5.79. The van der Waals surface area contributed by atoms with Crippen LogP contribution in [0.2, 0.25) is 0 Å². The first kappa shape index (κ1) is 15.3. The molecule has 0 bridgehead atoms. The van der Waals surface area contributed by atoms with Crippen LogP contribution in [-0.4, -0.2) is 17.6 Å². The molecule has 0 saturated carbocycles. The largest absolute Gasteiger partial charge is 0.394 e. The number of aliphatic hydroxyl groups excluding tert-OH is 1. The molecule has 0 spiro atoms. The quantitative estimate of drug-likeness (QED) is 0.886. The molecule has 0 aliphatic heterocycles. The molecule has 110 valence electrons. The van der Waals surface area contributed by atoms with Gasteiger partial charge in [-0.1, -0.05) is 60.2 Å². The zero-order valence-electron chi connectivity index (χ0n) is 12.5. The molecule has 0 heterocycles. The summed E-state index contributed by atoms with van der Waals surface area (Å²) in [6.07, 6.45) is 0.310. The molecular formula is C18H21NO2. The van der Waals surface area contributed by atoms with E-state index < -0.39 is 5.54 Å². The fourth-order valence-corrected chi connectivity index (χ4v) is 2.37. The summed E-state index contributed by atoms with van der Waals surface area (Å²) in [5.74, 6) is -0.0963. The van der Waals surface area contributed by atoms with E-state index in [0.717, 1.165) is 16.7 Å². The van der Waals surface area contributed by atoms with Gasteiger partial charge < -0.3 is 10.4 Å². The van der Waals surface area contributed by atoms with Gasteiger partial charge in [-0.3, -0.25) is 4.79 Å². The molecule has 2 rings (SSSR count). The minimum atomic E-state index is -0.762. The predicted octanol–water partition coefficient (Wildman–Crippen LogP) is 2.56. The summed E-state index contributed by atoms with van der Waals surface area (Å²) >= 11 is 0. The number of nitrogens with one attached hydrogen (secondary N) is 1. The third-order valence-corrected chi connectivity index (χ3v) is 3.59. The van der Waals surface area contributed by atoms with Gasteiger partial charge in [0, 0.05) is 0 Å². The maximum atomic E-state index is 12.2. The zero-order chi connectivity index (χ0) is 15.3. The summed E-state index contributed by atoms with van der Waals surface area (Å²) in [5.41, 5.74) is 2.24. The number of hydrogen-bond acceptors (Lipinski definition) is 2. The maximum absolute atomic E-state index is 12.2. The van der Waals surface area contributed by atoms with Crippen molar-refractivity contribution in [3.8, 4) is 0 Å². The summed E-state index contributed by atoms with van der Waals surface area (Å²) in [5, 5.41) is 12.6. The van der Waals surface area contributed by atoms with E-state index in [1.165, 1.54) is 0 Å². The van der Waals surface area contributed by atoms with Gasteiger partial charge in [-0.05, 0) is 25.0 Å². The Labute approximate surface area is 125 Å². The molecule has 2 aromatic rings. The highest BCUT2D eigenvalue weighted by Crippen LogP contribution is 2.20. The van der Waals surface area contributed by atoms with Crippen LogP contribution in [0.1, 0.15) is 23.6 Å². The number of aryl methyl sites for hydroxylation is 1. The molecule has 0 aromatic heterocycles. The molecule has 3 heteroatoms. The van der Waals surface area contributed by atoms with E-state index in [2.05, 4.69) is 5.32 Å². The van der Waals surface area contributed by atoms with Crippen LogP contribution in [0.25, 0.3) is 0 Å². The minimum absolute atomic E-state index is 0.0963. The molecule has 2 N–H and O–H groups in total. The summed E-state index contributed by atoms with van der Waals surface area (Å²) in [4.78, 5) is 12.2. The Hall–Kier alpha value is -2.13. The monoisotopic (exact) mass is 283 g/mol. The van der Waals surface area contributed by atoms with Gasteiger partial charge in [0.1, 0.15) is 0 Å². The lowest BCUT2D eigenvalue weighted by atomic mass is 9.92. The molecule has 1 unspecified atom stereocenters. The van der Waals surface area contributed by atoms with E-state index in [1.807, 2.05) is 68.4 Å². The zero-order valence-corrected chi connectivity index (χ0v) is 12.5. The van der Waals surface area contributed by atoms with Crippen LogP contribution in [0, 0.1) is 6.92 Å². The standard InChI is InChI=1S/C18H21NO2/c1-14-7-6-8-15(11-14)12-17(21)19-18(2,13-20)16-9-4-3-5-10-16/h3-11,20H,12-13H2,1-2H3,(H,19,21). The average Bonchev–Trinajstić information content (AvgIpc) is 2.48. The molecular weight excluding hydrogens is 262 g/mol. The van der Waals surface area contributed by atoms with E-state index in [9.17, 15) is 9.90 Å². The number of benzene rings is 2. The molecule has 1 amide bonds. The Kier molecular flexibility index (Phi) is 4.76. The van der Waals surface area contributed by atoms with Crippen molar-refractivity contribution in [3.63, 3.8) is 0 Å². The van der Waals surface area contributed by atoms with Gasteiger partial charge in [0.25, 0.3) is 0 Å². The molecule has 21 heavy (non-hydrogen) atoms. The van der Waals surface area contributed by atoms with Crippen LogP contribution >= 0.6 is 0 Å². The summed E-state index contributed by atoms with van der Waals surface area (Å²) < 4.78 is 0. The van der Waals surface area contributed by atoms with Gasteiger partial charge >= 0.3 is 0 Å². The van der Waals surface area contributed by atoms with Gasteiger partial charge in [-0.2, -0.15) is 0 Å². The fourth-order valence-electron chi connectivity index (χ4n) is 2.37. The first-order chi connectivity index (χ1) is 10.0. The van der Waals surface area contributed by atoms with Crippen LogP contribution in [0.4, 0.5) is 0 Å². The highest BCUT2D eigenvalue weighted by Gasteiger charge is 2.27. The Morgan fingerprint density at radius 3 is 2.48 bits per heavy atom. The molecule has 0 saturated heterocycles. The van der Waals surface area contributed by atoms with Gasteiger partial charge in [0.15, 0.2) is 0 Å². The second-order valence-corrected chi connectivity index (χ2v) is 5.57. The number of rotatable bonds is 5. The summed E-state index contributed by atoms with van der Waals surface area (Å²) in [6.45, 7) is 3.69. The fraction of sp³-hybridized carbons (Fsp3) is 0.278. The van der Waals surface area contributed by atoms with Crippen LogP contribution in [0.15, 0.2) is 54.6 Å².